The zero-order valence-corrected chi connectivity index (χ0v) is 13.7. The number of benzene rings is 1. The second kappa shape index (κ2) is 6.69. The zero-order valence-electron chi connectivity index (χ0n) is 12.9. The third kappa shape index (κ3) is 4.37. The summed E-state index contributed by atoms with van der Waals surface area (Å²) in [6, 6.07) is 5.13. The maximum absolute atomic E-state index is 11.7. The predicted octanol–water partition coefficient (Wildman–Crippen LogP) is 3.30. The first-order chi connectivity index (χ1) is 9.88. The summed E-state index contributed by atoms with van der Waals surface area (Å²) >= 11 is 0. The third-order valence-corrected chi connectivity index (χ3v) is 5.53. The second-order valence-corrected chi connectivity index (χ2v) is 8.33. The van der Waals surface area contributed by atoms with Crippen LogP contribution in [0.4, 0.5) is 11.4 Å². The SMILES string of the molecule is CC1CCCC(CCNc2cccc(S(C)(=O)=O)c2N)C1. The van der Waals surface area contributed by atoms with Gasteiger partial charge in [-0.25, -0.2) is 8.42 Å². The molecular formula is C16H26N2O2S. The van der Waals surface area contributed by atoms with Crippen molar-refractivity contribution in [2.24, 2.45) is 11.8 Å². The Hall–Kier alpha value is -1.23. The Morgan fingerprint density at radius 1 is 1.33 bits per heavy atom. The van der Waals surface area contributed by atoms with Gasteiger partial charge in [-0.2, -0.15) is 0 Å². The highest BCUT2D eigenvalue weighted by Crippen LogP contribution is 2.31. The Morgan fingerprint density at radius 2 is 2.10 bits per heavy atom. The van der Waals surface area contributed by atoms with Crippen molar-refractivity contribution >= 4 is 21.2 Å². The van der Waals surface area contributed by atoms with E-state index in [4.69, 9.17) is 5.73 Å². The third-order valence-electron chi connectivity index (χ3n) is 4.38. The van der Waals surface area contributed by atoms with Crippen molar-refractivity contribution in [2.45, 2.75) is 43.9 Å². The lowest BCUT2D eigenvalue weighted by atomic mass is 9.81. The van der Waals surface area contributed by atoms with Crippen molar-refractivity contribution in [3.8, 4) is 0 Å². The predicted molar refractivity (Wildman–Crippen MR) is 88.2 cm³/mol. The van der Waals surface area contributed by atoms with Crippen LogP contribution in [0.25, 0.3) is 0 Å². The van der Waals surface area contributed by atoms with Gasteiger partial charge in [-0.1, -0.05) is 32.3 Å². The van der Waals surface area contributed by atoms with E-state index in [1.165, 1.54) is 31.9 Å². The fourth-order valence-electron chi connectivity index (χ4n) is 3.25. The molecule has 0 heterocycles. The highest BCUT2D eigenvalue weighted by atomic mass is 32.2. The van der Waals surface area contributed by atoms with Crippen molar-refractivity contribution in [3.63, 3.8) is 0 Å². The van der Waals surface area contributed by atoms with Gasteiger partial charge in [-0.3, -0.25) is 0 Å². The van der Waals surface area contributed by atoms with Gasteiger partial charge in [0.15, 0.2) is 9.84 Å². The quantitative estimate of drug-likeness (QED) is 0.819. The molecule has 0 amide bonds. The summed E-state index contributed by atoms with van der Waals surface area (Å²) in [5.74, 6) is 1.61. The minimum Gasteiger partial charge on any atom is -0.396 e. The molecule has 1 aliphatic carbocycles. The molecule has 2 atom stereocenters. The van der Waals surface area contributed by atoms with Gasteiger partial charge in [0.1, 0.15) is 0 Å². The van der Waals surface area contributed by atoms with Crippen LogP contribution < -0.4 is 11.1 Å². The van der Waals surface area contributed by atoms with E-state index in [2.05, 4.69) is 12.2 Å². The number of nitrogen functional groups attached to an aromatic ring is 1. The highest BCUT2D eigenvalue weighted by molar-refractivity contribution is 7.90. The standard InChI is InChI=1S/C16H26N2O2S/c1-12-5-3-6-13(11-12)9-10-18-14-7-4-8-15(16(14)17)21(2,19)20/h4,7-8,12-13,18H,3,5-6,9-11,17H2,1-2H3. The number of anilines is 2. The van der Waals surface area contributed by atoms with E-state index in [9.17, 15) is 8.42 Å². The molecule has 2 rings (SSSR count). The lowest BCUT2D eigenvalue weighted by molar-refractivity contribution is 0.274. The van der Waals surface area contributed by atoms with Crippen LogP contribution in [-0.4, -0.2) is 21.2 Å². The molecule has 21 heavy (non-hydrogen) atoms. The van der Waals surface area contributed by atoms with E-state index < -0.39 is 9.84 Å². The van der Waals surface area contributed by atoms with Crippen LogP contribution in [0.1, 0.15) is 39.0 Å². The molecular weight excluding hydrogens is 284 g/mol. The smallest absolute Gasteiger partial charge is 0.177 e. The number of hydrogen-bond acceptors (Lipinski definition) is 4. The number of nitrogens with two attached hydrogens (primary N) is 1. The normalized spacial score (nSPS) is 23.0. The van der Waals surface area contributed by atoms with Crippen molar-refractivity contribution < 1.29 is 8.42 Å². The molecule has 0 spiro atoms. The minimum absolute atomic E-state index is 0.207. The molecule has 0 aromatic heterocycles. The van der Waals surface area contributed by atoms with Crippen molar-refractivity contribution in [1.82, 2.24) is 0 Å². The van der Waals surface area contributed by atoms with Gasteiger partial charge in [0.2, 0.25) is 0 Å². The van der Waals surface area contributed by atoms with Gasteiger partial charge in [-0.05, 0) is 36.8 Å². The average molecular weight is 310 g/mol. The molecule has 1 aromatic rings. The lowest BCUT2D eigenvalue weighted by Crippen LogP contribution is -2.17. The van der Waals surface area contributed by atoms with Crippen LogP contribution in [0.5, 0.6) is 0 Å². The monoisotopic (exact) mass is 310 g/mol. The molecule has 1 fully saturated rings. The summed E-state index contributed by atoms with van der Waals surface area (Å²) in [6.45, 7) is 3.17. The number of rotatable bonds is 5. The van der Waals surface area contributed by atoms with Crippen LogP contribution in [0.2, 0.25) is 0 Å². The molecule has 5 heteroatoms. The first-order valence-corrected chi connectivity index (χ1v) is 9.59. The first-order valence-electron chi connectivity index (χ1n) is 7.70. The van der Waals surface area contributed by atoms with Crippen LogP contribution in [0.3, 0.4) is 0 Å². The van der Waals surface area contributed by atoms with E-state index in [1.807, 2.05) is 6.07 Å². The number of para-hydroxylation sites is 1. The Labute approximate surface area is 128 Å². The van der Waals surface area contributed by atoms with Crippen LogP contribution >= 0.6 is 0 Å². The summed E-state index contributed by atoms with van der Waals surface area (Å²) in [5, 5.41) is 3.30. The maximum atomic E-state index is 11.7. The molecule has 3 N–H and O–H groups in total. The highest BCUT2D eigenvalue weighted by Gasteiger charge is 2.19. The fourth-order valence-corrected chi connectivity index (χ4v) is 4.09. The van der Waals surface area contributed by atoms with Crippen LogP contribution in [0.15, 0.2) is 23.1 Å². The van der Waals surface area contributed by atoms with E-state index in [0.717, 1.165) is 30.5 Å². The molecule has 0 bridgehead atoms. The van der Waals surface area contributed by atoms with E-state index in [0.29, 0.717) is 5.69 Å². The molecule has 1 aromatic carbocycles. The summed E-state index contributed by atoms with van der Waals surface area (Å²) in [5.41, 5.74) is 7.02. The number of sulfone groups is 1. The Kier molecular flexibility index (Phi) is 5.14. The molecule has 0 aliphatic heterocycles. The summed E-state index contributed by atoms with van der Waals surface area (Å²) in [7, 11) is -3.27. The molecule has 0 radical (unpaired) electrons. The number of nitrogens with one attached hydrogen (secondary N) is 1. The Morgan fingerprint density at radius 3 is 2.76 bits per heavy atom. The Bertz CT molecular complexity index is 584. The maximum Gasteiger partial charge on any atom is 0.177 e. The topological polar surface area (TPSA) is 72.2 Å². The summed E-state index contributed by atoms with van der Waals surface area (Å²) in [4.78, 5) is 0.207. The van der Waals surface area contributed by atoms with Crippen LogP contribution in [-0.2, 0) is 9.84 Å². The van der Waals surface area contributed by atoms with E-state index in [1.54, 1.807) is 12.1 Å². The van der Waals surface area contributed by atoms with Gasteiger partial charge >= 0.3 is 0 Å². The van der Waals surface area contributed by atoms with Gasteiger partial charge in [0, 0.05) is 12.8 Å². The van der Waals surface area contributed by atoms with Crippen molar-refractivity contribution in [3.05, 3.63) is 18.2 Å². The molecule has 1 aliphatic rings. The lowest BCUT2D eigenvalue weighted by Gasteiger charge is -2.26. The van der Waals surface area contributed by atoms with Gasteiger partial charge in [0.05, 0.1) is 16.3 Å². The molecule has 1 saturated carbocycles. The first kappa shape index (κ1) is 16.1. The van der Waals surface area contributed by atoms with Gasteiger partial charge in [-0.15, -0.1) is 0 Å². The summed E-state index contributed by atoms with van der Waals surface area (Å²) < 4.78 is 23.3. The van der Waals surface area contributed by atoms with Crippen LogP contribution in [0, 0.1) is 11.8 Å². The molecule has 118 valence electrons. The Balaban J connectivity index is 1.95. The molecule has 2 unspecified atom stereocenters. The fraction of sp³-hybridized carbons (Fsp3) is 0.625. The molecule has 4 nitrogen and oxygen atoms in total. The second-order valence-electron chi connectivity index (χ2n) is 6.34. The minimum atomic E-state index is -3.27. The van der Waals surface area contributed by atoms with E-state index in [-0.39, 0.29) is 4.90 Å². The zero-order chi connectivity index (χ0) is 15.5. The molecule has 0 saturated heterocycles. The summed E-state index contributed by atoms with van der Waals surface area (Å²) in [6.07, 6.45) is 7.61. The largest absolute Gasteiger partial charge is 0.396 e. The average Bonchev–Trinajstić information content (AvgIpc) is 2.39. The number of hydrogen-bond donors (Lipinski definition) is 2. The van der Waals surface area contributed by atoms with Crippen molar-refractivity contribution in [2.75, 3.05) is 23.9 Å². The van der Waals surface area contributed by atoms with E-state index >= 15 is 0 Å². The van der Waals surface area contributed by atoms with Crippen molar-refractivity contribution in [1.29, 1.82) is 0 Å². The van der Waals surface area contributed by atoms with Gasteiger partial charge < -0.3 is 11.1 Å². The van der Waals surface area contributed by atoms with Gasteiger partial charge in [0.25, 0.3) is 0 Å².